The number of carbonyl (C=O) groups is 1. The van der Waals surface area contributed by atoms with Crippen LogP contribution in [0.4, 0.5) is 36.4 Å². The average Bonchev–Trinajstić information content (AvgIpc) is 3.27. The predicted molar refractivity (Wildman–Crippen MR) is 85.6 cm³/mol. The highest BCUT2D eigenvalue weighted by atomic mass is 19.4. The fourth-order valence-electron chi connectivity index (χ4n) is 2.36. The molecule has 2 heterocycles. The van der Waals surface area contributed by atoms with Crippen molar-refractivity contribution in [1.29, 1.82) is 0 Å². The van der Waals surface area contributed by atoms with Crippen molar-refractivity contribution in [3.05, 3.63) is 64.4 Å². The summed E-state index contributed by atoms with van der Waals surface area (Å²) in [7, 11) is 0. The van der Waals surface area contributed by atoms with Crippen LogP contribution in [0.15, 0.2) is 22.6 Å². The third-order valence-corrected chi connectivity index (χ3v) is 3.77. The second kappa shape index (κ2) is 7.72. The van der Waals surface area contributed by atoms with E-state index in [1.165, 1.54) is 6.92 Å². The van der Waals surface area contributed by atoms with Gasteiger partial charge in [0.2, 0.25) is 11.6 Å². The largest absolute Gasteiger partial charge is 0.479 e. The number of aromatic nitrogens is 2. The van der Waals surface area contributed by atoms with Gasteiger partial charge in [0.15, 0.2) is 28.8 Å². The molecule has 0 saturated carbocycles. The first-order valence-electron chi connectivity index (χ1n) is 7.97. The highest BCUT2D eigenvalue weighted by Crippen LogP contribution is 2.35. The molecule has 2 N–H and O–H groups in total. The topological polar surface area (TPSA) is 80.2 Å². The van der Waals surface area contributed by atoms with Crippen molar-refractivity contribution in [3.8, 4) is 5.75 Å². The van der Waals surface area contributed by atoms with E-state index in [1.807, 2.05) is 5.32 Å². The van der Waals surface area contributed by atoms with Gasteiger partial charge in [0.25, 0.3) is 5.91 Å². The monoisotopic (exact) mass is 437 g/mol. The Morgan fingerprint density at radius 3 is 2.40 bits per heavy atom. The first kappa shape index (κ1) is 21.2. The van der Waals surface area contributed by atoms with Gasteiger partial charge in [-0.1, -0.05) is 0 Å². The van der Waals surface area contributed by atoms with Gasteiger partial charge in [0, 0.05) is 6.07 Å². The number of hydrogen-bond acceptors (Lipinski definition) is 4. The maximum atomic E-state index is 13.6. The third-order valence-electron chi connectivity index (χ3n) is 3.77. The summed E-state index contributed by atoms with van der Waals surface area (Å²) in [5.41, 5.74) is -2.02. The molecule has 2 aromatic heterocycles. The number of aryl methyl sites for hydroxylation is 1. The third kappa shape index (κ3) is 4.09. The molecule has 0 unspecified atom stereocenters. The van der Waals surface area contributed by atoms with E-state index in [9.17, 15) is 35.5 Å². The molecule has 1 aromatic carbocycles. The lowest BCUT2D eigenvalue weighted by Gasteiger charge is -2.08. The summed E-state index contributed by atoms with van der Waals surface area (Å²) in [6, 6.07) is 2.17. The van der Waals surface area contributed by atoms with Gasteiger partial charge in [-0.25, -0.2) is 8.78 Å². The lowest BCUT2D eigenvalue weighted by molar-refractivity contribution is -0.140. The number of hydrogen-bond donors (Lipinski definition) is 2. The number of amides is 1. The molecule has 0 radical (unpaired) electrons. The zero-order valence-corrected chi connectivity index (χ0v) is 14.8. The second-order valence-electron chi connectivity index (χ2n) is 5.88. The Bertz CT molecular complexity index is 1080. The van der Waals surface area contributed by atoms with Crippen molar-refractivity contribution in [1.82, 2.24) is 10.2 Å². The number of ether oxygens (including phenoxy) is 1. The first-order chi connectivity index (χ1) is 14.0. The van der Waals surface area contributed by atoms with Gasteiger partial charge in [-0.05, 0) is 19.1 Å². The lowest BCUT2D eigenvalue weighted by Crippen LogP contribution is -2.16. The summed E-state index contributed by atoms with van der Waals surface area (Å²) in [4.78, 5) is 12.2. The number of nitrogens with zero attached hydrogens (tertiary/aromatic N) is 1. The van der Waals surface area contributed by atoms with Gasteiger partial charge < -0.3 is 14.5 Å². The van der Waals surface area contributed by atoms with Crippen LogP contribution in [0, 0.1) is 30.2 Å². The zero-order valence-electron chi connectivity index (χ0n) is 14.8. The maximum absolute atomic E-state index is 13.6. The van der Waals surface area contributed by atoms with Gasteiger partial charge in [-0.2, -0.15) is 27.1 Å². The quantitative estimate of drug-likeness (QED) is 0.447. The molecule has 0 fully saturated rings. The summed E-state index contributed by atoms with van der Waals surface area (Å²) in [6.45, 7) is 0.517. The van der Waals surface area contributed by atoms with E-state index in [0.29, 0.717) is 0 Å². The summed E-state index contributed by atoms with van der Waals surface area (Å²) < 4.78 is 102. The number of halogens is 7. The SMILES string of the molecule is Cc1[nH]nc(C(F)(F)F)c1NC(=O)c1ccc(COc2c(F)c(F)cc(F)c2F)o1. The molecule has 13 heteroatoms. The number of anilines is 1. The molecule has 0 spiro atoms. The normalized spacial score (nSPS) is 11.6. The predicted octanol–water partition coefficient (Wildman–Crippen LogP) is 4.72. The molecule has 1 amide bonds. The molecule has 160 valence electrons. The fourth-order valence-corrected chi connectivity index (χ4v) is 2.36. The summed E-state index contributed by atoms with van der Waals surface area (Å²) in [5.74, 6) is -9.98. The number of H-pyrrole nitrogens is 1. The van der Waals surface area contributed by atoms with Crippen molar-refractivity contribution >= 4 is 11.6 Å². The van der Waals surface area contributed by atoms with E-state index in [-0.39, 0.29) is 17.5 Å². The molecule has 3 aromatic rings. The molecule has 0 atom stereocenters. The van der Waals surface area contributed by atoms with Crippen molar-refractivity contribution in [3.63, 3.8) is 0 Å². The number of aromatic amines is 1. The highest BCUT2D eigenvalue weighted by Gasteiger charge is 2.38. The minimum Gasteiger partial charge on any atom is -0.479 e. The van der Waals surface area contributed by atoms with Crippen LogP contribution >= 0.6 is 0 Å². The fraction of sp³-hybridized carbons (Fsp3) is 0.176. The second-order valence-corrected chi connectivity index (χ2v) is 5.88. The Kier molecular flexibility index (Phi) is 5.46. The minimum atomic E-state index is -4.83. The van der Waals surface area contributed by atoms with Crippen molar-refractivity contribution in [2.24, 2.45) is 0 Å². The Morgan fingerprint density at radius 2 is 1.80 bits per heavy atom. The van der Waals surface area contributed by atoms with Crippen molar-refractivity contribution in [2.45, 2.75) is 19.7 Å². The smallest absolute Gasteiger partial charge is 0.437 e. The number of furan rings is 1. The minimum absolute atomic E-state index is 0.0000781. The zero-order chi connectivity index (χ0) is 22.2. The van der Waals surface area contributed by atoms with Crippen molar-refractivity contribution < 1.29 is 44.7 Å². The number of nitrogens with one attached hydrogen (secondary N) is 2. The van der Waals surface area contributed by atoms with Gasteiger partial charge in [0.05, 0.1) is 11.4 Å². The molecular formula is C17H10F7N3O3. The van der Waals surface area contributed by atoms with E-state index >= 15 is 0 Å². The van der Waals surface area contributed by atoms with Crippen LogP contribution in [0.5, 0.6) is 5.75 Å². The van der Waals surface area contributed by atoms with Crippen LogP contribution < -0.4 is 10.1 Å². The molecule has 0 saturated heterocycles. The summed E-state index contributed by atoms with van der Waals surface area (Å²) in [6.07, 6.45) is -4.83. The Balaban J connectivity index is 1.74. The van der Waals surface area contributed by atoms with Crippen LogP contribution in [0.2, 0.25) is 0 Å². The Morgan fingerprint density at radius 1 is 1.17 bits per heavy atom. The molecule has 6 nitrogen and oxygen atoms in total. The van der Waals surface area contributed by atoms with E-state index in [2.05, 4.69) is 14.9 Å². The Hall–Kier alpha value is -3.51. The van der Waals surface area contributed by atoms with Gasteiger partial charge >= 0.3 is 6.18 Å². The summed E-state index contributed by atoms with van der Waals surface area (Å²) in [5, 5.41) is 7.18. The molecule has 0 aliphatic carbocycles. The van der Waals surface area contributed by atoms with E-state index in [4.69, 9.17) is 4.42 Å². The molecule has 30 heavy (non-hydrogen) atoms. The maximum Gasteiger partial charge on any atom is 0.437 e. The number of alkyl halides is 3. The van der Waals surface area contributed by atoms with E-state index in [0.717, 1.165) is 12.1 Å². The van der Waals surface area contributed by atoms with Gasteiger partial charge in [-0.3, -0.25) is 9.89 Å². The number of benzene rings is 1. The average molecular weight is 437 g/mol. The van der Waals surface area contributed by atoms with E-state index in [1.54, 1.807) is 0 Å². The van der Waals surface area contributed by atoms with Crippen LogP contribution in [0.1, 0.15) is 27.7 Å². The molecule has 3 rings (SSSR count). The molecule has 0 bridgehead atoms. The van der Waals surface area contributed by atoms with Crippen LogP contribution in [-0.4, -0.2) is 16.1 Å². The highest BCUT2D eigenvalue weighted by molar-refractivity contribution is 6.03. The number of carbonyl (C=O) groups excluding carboxylic acids is 1. The lowest BCUT2D eigenvalue weighted by atomic mass is 10.2. The molecular weight excluding hydrogens is 427 g/mol. The van der Waals surface area contributed by atoms with E-state index < -0.39 is 64.9 Å². The first-order valence-corrected chi connectivity index (χ1v) is 7.97. The summed E-state index contributed by atoms with van der Waals surface area (Å²) >= 11 is 0. The van der Waals surface area contributed by atoms with Crippen LogP contribution in [0.25, 0.3) is 0 Å². The number of rotatable bonds is 5. The van der Waals surface area contributed by atoms with Gasteiger partial charge in [-0.15, -0.1) is 0 Å². The standard InChI is InChI=1S/C17H10F7N3O3/c1-6-13(15(27-26-6)17(22,23)24)25-16(28)10-3-2-7(30-10)5-29-14-11(20)8(18)4-9(19)12(14)21/h2-4H,5H2,1H3,(H,25,28)(H,26,27). The molecule has 0 aliphatic heterocycles. The Labute approximate surface area is 162 Å². The molecule has 0 aliphatic rings. The van der Waals surface area contributed by atoms with Crippen molar-refractivity contribution in [2.75, 3.05) is 5.32 Å². The van der Waals surface area contributed by atoms with Crippen LogP contribution in [0.3, 0.4) is 0 Å². The van der Waals surface area contributed by atoms with Crippen LogP contribution in [-0.2, 0) is 12.8 Å². The van der Waals surface area contributed by atoms with Gasteiger partial charge in [0.1, 0.15) is 12.4 Å².